The number of hydrogen-bond donors (Lipinski definition) is 2. The Labute approximate surface area is 121 Å². The van der Waals surface area contributed by atoms with Gasteiger partial charge in [0.05, 0.1) is 0 Å². The number of nitrogens with one attached hydrogen (secondary N) is 2. The molecule has 2 fully saturated rings. The first-order valence-electron chi connectivity index (χ1n) is 7.77. The molecule has 1 saturated heterocycles. The molecule has 0 aromatic carbocycles. The van der Waals surface area contributed by atoms with E-state index < -0.39 is 0 Å². The fourth-order valence-corrected chi connectivity index (χ4v) is 4.33. The lowest BCUT2D eigenvalue weighted by Gasteiger charge is -2.35. The highest BCUT2D eigenvalue weighted by molar-refractivity contribution is 7.99. The fourth-order valence-electron chi connectivity index (χ4n) is 3.38. The van der Waals surface area contributed by atoms with Gasteiger partial charge in [0, 0.05) is 36.6 Å². The van der Waals surface area contributed by atoms with Gasteiger partial charge in [0.25, 0.3) is 0 Å². The van der Waals surface area contributed by atoms with Crippen LogP contribution in [0.1, 0.15) is 46.0 Å². The van der Waals surface area contributed by atoms with Gasteiger partial charge in [0.2, 0.25) is 5.91 Å². The first-order valence-corrected chi connectivity index (χ1v) is 8.92. The Morgan fingerprint density at radius 2 is 2.16 bits per heavy atom. The van der Waals surface area contributed by atoms with E-state index in [9.17, 15) is 4.79 Å². The second-order valence-electron chi connectivity index (χ2n) is 6.30. The number of hydrogen-bond acceptors (Lipinski definition) is 3. The van der Waals surface area contributed by atoms with E-state index in [4.69, 9.17) is 0 Å². The maximum Gasteiger partial charge on any atom is 0.221 e. The van der Waals surface area contributed by atoms with Crippen molar-refractivity contribution in [2.75, 3.05) is 18.1 Å². The van der Waals surface area contributed by atoms with Crippen LogP contribution in [0.15, 0.2) is 0 Å². The lowest BCUT2D eigenvalue weighted by molar-refractivity contribution is -0.123. The van der Waals surface area contributed by atoms with Gasteiger partial charge in [-0.2, -0.15) is 11.8 Å². The van der Waals surface area contributed by atoms with E-state index >= 15 is 0 Å². The van der Waals surface area contributed by atoms with Crippen molar-refractivity contribution in [2.45, 2.75) is 58.0 Å². The standard InChI is InChI=1S/C15H28N2OS/c1-11(2)13-5-3-4-6-14(13)17-15(18)9-12-10-19-8-7-16-12/h11-14,16H,3-10H2,1-2H3,(H,17,18). The summed E-state index contributed by atoms with van der Waals surface area (Å²) < 4.78 is 0. The molecule has 3 unspecified atom stereocenters. The first kappa shape index (κ1) is 15.2. The highest BCUT2D eigenvalue weighted by Gasteiger charge is 2.29. The predicted octanol–water partition coefficient (Wildman–Crippen LogP) is 2.41. The lowest BCUT2D eigenvalue weighted by Crippen LogP contribution is -2.47. The number of rotatable bonds is 4. The Bertz CT molecular complexity index is 290. The molecule has 1 heterocycles. The molecule has 3 nitrogen and oxygen atoms in total. The molecule has 0 bridgehead atoms. The van der Waals surface area contributed by atoms with Crippen LogP contribution in [-0.2, 0) is 4.79 Å². The van der Waals surface area contributed by atoms with Crippen LogP contribution in [0.4, 0.5) is 0 Å². The molecule has 0 spiro atoms. The Morgan fingerprint density at radius 1 is 1.37 bits per heavy atom. The number of carbonyl (C=O) groups excluding carboxylic acids is 1. The van der Waals surface area contributed by atoms with Crippen molar-refractivity contribution in [1.82, 2.24) is 10.6 Å². The molecular formula is C15H28N2OS. The van der Waals surface area contributed by atoms with E-state index in [1.165, 1.54) is 31.4 Å². The molecule has 110 valence electrons. The first-order chi connectivity index (χ1) is 9.16. The van der Waals surface area contributed by atoms with Crippen molar-refractivity contribution < 1.29 is 4.79 Å². The zero-order valence-electron chi connectivity index (χ0n) is 12.3. The van der Waals surface area contributed by atoms with E-state index in [0.717, 1.165) is 12.3 Å². The van der Waals surface area contributed by atoms with Gasteiger partial charge in [-0.3, -0.25) is 4.79 Å². The third kappa shape index (κ3) is 4.67. The summed E-state index contributed by atoms with van der Waals surface area (Å²) in [6.07, 6.45) is 5.69. The SMILES string of the molecule is CC(C)C1CCCCC1NC(=O)CC1CSCCN1. The lowest BCUT2D eigenvalue weighted by atomic mass is 9.78. The van der Waals surface area contributed by atoms with Crippen LogP contribution in [0.3, 0.4) is 0 Å². The summed E-state index contributed by atoms with van der Waals surface area (Å²) in [5.74, 6) is 3.85. The summed E-state index contributed by atoms with van der Waals surface area (Å²) in [6, 6.07) is 0.789. The number of amides is 1. The van der Waals surface area contributed by atoms with Gasteiger partial charge >= 0.3 is 0 Å². The average molecular weight is 284 g/mol. The molecule has 0 aromatic heterocycles. The molecular weight excluding hydrogens is 256 g/mol. The van der Waals surface area contributed by atoms with Crippen molar-refractivity contribution in [2.24, 2.45) is 11.8 Å². The minimum atomic E-state index is 0.248. The van der Waals surface area contributed by atoms with Crippen molar-refractivity contribution in [3.63, 3.8) is 0 Å². The Hall–Kier alpha value is -0.220. The van der Waals surface area contributed by atoms with E-state index in [0.29, 0.717) is 30.3 Å². The summed E-state index contributed by atoms with van der Waals surface area (Å²) in [4.78, 5) is 12.2. The van der Waals surface area contributed by atoms with Gasteiger partial charge in [-0.05, 0) is 24.7 Å². The van der Waals surface area contributed by atoms with Crippen LogP contribution in [-0.4, -0.2) is 36.0 Å². The van der Waals surface area contributed by atoms with Gasteiger partial charge in [-0.25, -0.2) is 0 Å². The van der Waals surface area contributed by atoms with Gasteiger partial charge in [-0.1, -0.05) is 26.7 Å². The molecule has 2 aliphatic rings. The zero-order chi connectivity index (χ0) is 13.7. The fraction of sp³-hybridized carbons (Fsp3) is 0.933. The molecule has 2 rings (SSSR count). The Kier molecular flexibility index (Phi) is 6.02. The molecule has 2 N–H and O–H groups in total. The topological polar surface area (TPSA) is 41.1 Å². The molecule has 3 atom stereocenters. The summed E-state index contributed by atoms with van der Waals surface area (Å²) in [5, 5.41) is 6.75. The molecule has 1 amide bonds. The number of thioether (sulfide) groups is 1. The highest BCUT2D eigenvalue weighted by Crippen LogP contribution is 2.30. The summed E-state index contributed by atoms with van der Waals surface area (Å²) in [6.45, 7) is 5.61. The minimum absolute atomic E-state index is 0.248. The average Bonchev–Trinajstić information content (AvgIpc) is 2.40. The van der Waals surface area contributed by atoms with E-state index in [1.54, 1.807) is 0 Å². The summed E-state index contributed by atoms with van der Waals surface area (Å²) >= 11 is 1.95. The molecule has 4 heteroatoms. The largest absolute Gasteiger partial charge is 0.353 e. The van der Waals surface area contributed by atoms with E-state index in [1.807, 2.05) is 11.8 Å². The minimum Gasteiger partial charge on any atom is -0.353 e. The third-order valence-corrected chi connectivity index (χ3v) is 5.58. The van der Waals surface area contributed by atoms with Crippen molar-refractivity contribution >= 4 is 17.7 Å². The van der Waals surface area contributed by atoms with Crippen LogP contribution in [0, 0.1) is 11.8 Å². The second-order valence-corrected chi connectivity index (χ2v) is 7.45. The molecule has 1 saturated carbocycles. The van der Waals surface area contributed by atoms with Crippen LogP contribution >= 0.6 is 11.8 Å². The maximum atomic E-state index is 12.2. The van der Waals surface area contributed by atoms with Crippen LogP contribution in [0.5, 0.6) is 0 Å². The van der Waals surface area contributed by atoms with E-state index in [2.05, 4.69) is 24.5 Å². The molecule has 19 heavy (non-hydrogen) atoms. The van der Waals surface area contributed by atoms with Crippen LogP contribution < -0.4 is 10.6 Å². The molecule has 1 aliphatic carbocycles. The monoisotopic (exact) mass is 284 g/mol. The molecule has 0 radical (unpaired) electrons. The third-order valence-electron chi connectivity index (χ3n) is 4.45. The van der Waals surface area contributed by atoms with Crippen molar-refractivity contribution in [1.29, 1.82) is 0 Å². The molecule has 0 aromatic rings. The van der Waals surface area contributed by atoms with Crippen molar-refractivity contribution in [3.8, 4) is 0 Å². The van der Waals surface area contributed by atoms with Gasteiger partial charge in [0.1, 0.15) is 0 Å². The van der Waals surface area contributed by atoms with Gasteiger partial charge in [0.15, 0.2) is 0 Å². The highest BCUT2D eigenvalue weighted by atomic mass is 32.2. The Balaban J connectivity index is 1.79. The van der Waals surface area contributed by atoms with Crippen LogP contribution in [0.2, 0.25) is 0 Å². The van der Waals surface area contributed by atoms with Crippen LogP contribution in [0.25, 0.3) is 0 Å². The summed E-state index contributed by atoms with van der Waals surface area (Å²) in [5.41, 5.74) is 0. The summed E-state index contributed by atoms with van der Waals surface area (Å²) in [7, 11) is 0. The molecule has 1 aliphatic heterocycles. The Morgan fingerprint density at radius 3 is 2.84 bits per heavy atom. The normalized spacial score (nSPS) is 32.3. The van der Waals surface area contributed by atoms with E-state index in [-0.39, 0.29) is 5.91 Å². The quantitative estimate of drug-likeness (QED) is 0.833. The number of carbonyl (C=O) groups is 1. The maximum absolute atomic E-state index is 12.2. The zero-order valence-corrected chi connectivity index (χ0v) is 13.1. The van der Waals surface area contributed by atoms with Gasteiger partial charge in [-0.15, -0.1) is 0 Å². The van der Waals surface area contributed by atoms with Crippen molar-refractivity contribution in [3.05, 3.63) is 0 Å². The predicted molar refractivity (Wildman–Crippen MR) is 82.5 cm³/mol. The second kappa shape index (κ2) is 7.53. The smallest absolute Gasteiger partial charge is 0.221 e. The van der Waals surface area contributed by atoms with Gasteiger partial charge < -0.3 is 10.6 Å².